The van der Waals surface area contributed by atoms with Gasteiger partial charge in [-0.2, -0.15) is 0 Å². The molecule has 1 aromatic heterocycles. The Morgan fingerprint density at radius 2 is 2.06 bits per heavy atom. The summed E-state index contributed by atoms with van der Waals surface area (Å²) in [4.78, 5) is 16.0. The van der Waals surface area contributed by atoms with Crippen LogP contribution in [0.15, 0.2) is 18.2 Å². The summed E-state index contributed by atoms with van der Waals surface area (Å²) in [5.74, 6) is -0.445. The molecule has 3 nitrogen and oxygen atoms in total. The van der Waals surface area contributed by atoms with Crippen molar-refractivity contribution in [3.05, 3.63) is 39.5 Å². The third kappa shape index (κ3) is 2.08. The number of aromatic nitrogens is 1. The number of ether oxygens (including phenoxy) is 1. The van der Waals surface area contributed by atoms with Gasteiger partial charge in [0.2, 0.25) is 0 Å². The van der Waals surface area contributed by atoms with Crippen molar-refractivity contribution in [2.24, 2.45) is 0 Å². The topological polar surface area (TPSA) is 39.2 Å². The van der Waals surface area contributed by atoms with Crippen molar-refractivity contribution in [3.8, 4) is 0 Å². The number of halogens is 2. The largest absolute Gasteiger partial charge is 0.465 e. The van der Waals surface area contributed by atoms with E-state index in [2.05, 4.69) is 4.98 Å². The van der Waals surface area contributed by atoms with E-state index in [0.29, 0.717) is 32.2 Å². The van der Waals surface area contributed by atoms with Crippen molar-refractivity contribution in [3.63, 3.8) is 0 Å². The van der Waals surface area contributed by atoms with E-state index < -0.39 is 5.97 Å². The molecule has 0 atom stereocenters. The minimum Gasteiger partial charge on any atom is -0.465 e. The van der Waals surface area contributed by atoms with Crippen LogP contribution in [0.2, 0.25) is 10.2 Å². The molecule has 0 radical (unpaired) electrons. The van der Waals surface area contributed by atoms with E-state index in [1.807, 2.05) is 0 Å². The Morgan fingerprint density at radius 3 is 2.71 bits per heavy atom. The molecule has 0 fully saturated rings. The highest BCUT2D eigenvalue weighted by Gasteiger charge is 2.17. The first-order valence-electron chi connectivity index (χ1n) is 4.88. The van der Waals surface area contributed by atoms with Gasteiger partial charge in [-0.25, -0.2) is 9.78 Å². The van der Waals surface area contributed by atoms with Crippen molar-refractivity contribution in [1.29, 1.82) is 0 Å². The first-order valence-corrected chi connectivity index (χ1v) is 5.64. The van der Waals surface area contributed by atoms with Gasteiger partial charge in [-0.15, -0.1) is 0 Å². The predicted octanol–water partition coefficient (Wildman–Crippen LogP) is 3.64. The van der Waals surface area contributed by atoms with Crippen LogP contribution in [-0.2, 0) is 4.74 Å². The third-order valence-electron chi connectivity index (χ3n) is 2.52. The lowest BCUT2D eigenvalue weighted by Crippen LogP contribution is -2.06. The Bertz CT molecular complexity index is 611. The van der Waals surface area contributed by atoms with Crippen LogP contribution in [0.25, 0.3) is 10.9 Å². The second-order valence-corrected chi connectivity index (χ2v) is 4.35. The van der Waals surface area contributed by atoms with Gasteiger partial charge in [-0.3, -0.25) is 0 Å². The molecular formula is C12H9Cl2NO2. The van der Waals surface area contributed by atoms with Crippen LogP contribution in [0.5, 0.6) is 0 Å². The molecule has 0 unspecified atom stereocenters. The molecule has 0 spiro atoms. The summed E-state index contributed by atoms with van der Waals surface area (Å²) >= 11 is 11.9. The molecular weight excluding hydrogens is 261 g/mol. The first kappa shape index (κ1) is 12.1. The predicted molar refractivity (Wildman–Crippen MR) is 67.8 cm³/mol. The quantitative estimate of drug-likeness (QED) is 0.586. The molecule has 17 heavy (non-hydrogen) atoms. The number of esters is 1. The van der Waals surface area contributed by atoms with Crippen molar-refractivity contribution >= 4 is 40.1 Å². The molecule has 2 aromatic rings. The Morgan fingerprint density at radius 1 is 1.35 bits per heavy atom. The Labute approximate surface area is 108 Å². The molecule has 1 heterocycles. The normalized spacial score (nSPS) is 10.6. The lowest BCUT2D eigenvalue weighted by Gasteiger charge is -2.09. The maximum absolute atomic E-state index is 11.8. The summed E-state index contributed by atoms with van der Waals surface area (Å²) in [7, 11) is 1.33. The van der Waals surface area contributed by atoms with E-state index in [0.717, 1.165) is 0 Å². The van der Waals surface area contributed by atoms with Crippen LogP contribution in [0.1, 0.15) is 15.9 Å². The van der Waals surface area contributed by atoms with Crippen LogP contribution < -0.4 is 0 Å². The van der Waals surface area contributed by atoms with E-state index in [-0.39, 0.29) is 0 Å². The van der Waals surface area contributed by atoms with Gasteiger partial charge >= 0.3 is 5.97 Å². The molecule has 5 heteroatoms. The molecule has 88 valence electrons. The number of rotatable bonds is 1. The fourth-order valence-corrected chi connectivity index (χ4v) is 2.02. The number of fused-ring (bicyclic) bond motifs is 1. The third-order valence-corrected chi connectivity index (χ3v) is 3.12. The minimum atomic E-state index is -0.445. The van der Waals surface area contributed by atoms with Gasteiger partial charge in [0.15, 0.2) is 0 Å². The van der Waals surface area contributed by atoms with Gasteiger partial charge in [-0.05, 0) is 25.1 Å². The fourth-order valence-electron chi connectivity index (χ4n) is 1.67. The number of carbonyl (C=O) groups is 1. The summed E-state index contributed by atoms with van der Waals surface area (Å²) in [6.07, 6.45) is 0. The number of pyridine rings is 1. The maximum atomic E-state index is 11.8. The number of benzene rings is 1. The highest BCUT2D eigenvalue weighted by molar-refractivity contribution is 6.33. The van der Waals surface area contributed by atoms with E-state index in [4.69, 9.17) is 27.9 Å². The highest BCUT2D eigenvalue weighted by atomic mass is 35.5. The molecule has 0 saturated carbocycles. The Hall–Kier alpha value is -1.32. The van der Waals surface area contributed by atoms with Gasteiger partial charge in [-0.1, -0.05) is 23.2 Å². The molecule has 0 aliphatic rings. The fraction of sp³-hybridized carbons (Fsp3) is 0.167. The van der Waals surface area contributed by atoms with E-state index in [1.54, 1.807) is 25.1 Å². The van der Waals surface area contributed by atoms with Crippen LogP contribution in [0, 0.1) is 6.92 Å². The van der Waals surface area contributed by atoms with E-state index >= 15 is 0 Å². The molecule has 0 aliphatic carbocycles. The second kappa shape index (κ2) is 4.51. The first-order chi connectivity index (χ1) is 8.04. The summed E-state index contributed by atoms with van der Waals surface area (Å²) in [6.45, 7) is 1.72. The summed E-state index contributed by atoms with van der Waals surface area (Å²) in [5.41, 5.74) is 1.61. The molecule has 1 aromatic carbocycles. The van der Waals surface area contributed by atoms with Gasteiger partial charge in [0, 0.05) is 16.0 Å². The monoisotopic (exact) mass is 269 g/mol. The molecule has 0 amide bonds. The van der Waals surface area contributed by atoms with Gasteiger partial charge in [0.1, 0.15) is 5.15 Å². The Balaban J connectivity index is 2.89. The zero-order valence-electron chi connectivity index (χ0n) is 9.25. The lowest BCUT2D eigenvalue weighted by atomic mass is 10.0. The van der Waals surface area contributed by atoms with Crippen LogP contribution in [0.4, 0.5) is 0 Å². The highest BCUT2D eigenvalue weighted by Crippen LogP contribution is 2.28. The van der Waals surface area contributed by atoms with Crippen molar-refractivity contribution < 1.29 is 9.53 Å². The minimum absolute atomic E-state index is 0.292. The zero-order valence-corrected chi connectivity index (χ0v) is 10.8. The molecule has 0 bridgehead atoms. The molecule has 0 aliphatic heterocycles. The van der Waals surface area contributed by atoms with Gasteiger partial charge in [0.05, 0.1) is 18.2 Å². The average Bonchev–Trinajstić information content (AvgIpc) is 2.31. The number of methoxy groups -OCH3 is 1. The second-order valence-electron chi connectivity index (χ2n) is 3.56. The molecule has 0 saturated heterocycles. The number of hydrogen-bond acceptors (Lipinski definition) is 3. The van der Waals surface area contributed by atoms with Crippen LogP contribution in [-0.4, -0.2) is 18.1 Å². The molecule has 0 N–H and O–H groups in total. The SMILES string of the molecule is COC(=O)c1c(C)c(Cl)nc2ccc(Cl)cc12. The Kier molecular flexibility index (Phi) is 3.22. The summed E-state index contributed by atoms with van der Waals surface area (Å²) < 4.78 is 4.75. The van der Waals surface area contributed by atoms with Crippen LogP contribution in [0.3, 0.4) is 0 Å². The van der Waals surface area contributed by atoms with Crippen molar-refractivity contribution in [2.45, 2.75) is 6.92 Å². The summed E-state index contributed by atoms with van der Waals surface area (Å²) in [5, 5.41) is 1.47. The van der Waals surface area contributed by atoms with Crippen LogP contribution >= 0.6 is 23.2 Å². The molecule has 2 rings (SSSR count). The standard InChI is InChI=1S/C12H9Cl2NO2/c1-6-10(12(16)17-2)8-5-7(13)3-4-9(8)15-11(6)14/h3-5H,1-2H3. The average molecular weight is 270 g/mol. The zero-order chi connectivity index (χ0) is 12.6. The van der Waals surface area contributed by atoms with Crippen molar-refractivity contribution in [2.75, 3.05) is 7.11 Å². The van der Waals surface area contributed by atoms with Gasteiger partial charge < -0.3 is 4.74 Å². The van der Waals surface area contributed by atoms with E-state index in [9.17, 15) is 4.79 Å². The van der Waals surface area contributed by atoms with Crippen molar-refractivity contribution in [1.82, 2.24) is 4.98 Å². The maximum Gasteiger partial charge on any atom is 0.338 e. The summed E-state index contributed by atoms with van der Waals surface area (Å²) in [6, 6.07) is 5.10. The lowest BCUT2D eigenvalue weighted by molar-refractivity contribution is 0.0602. The smallest absolute Gasteiger partial charge is 0.338 e. The number of hydrogen-bond donors (Lipinski definition) is 0. The number of nitrogens with zero attached hydrogens (tertiary/aromatic N) is 1. The van der Waals surface area contributed by atoms with E-state index in [1.165, 1.54) is 7.11 Å². The van der Waals surface area contributed by atoms with Gasteiger partial charge in [0.25, 0.3) is 0 Å². The number of carbonyl (C=O) groups excluding carboxylic acids is 1.